The molecule has 0 aliphatic heterocycles. The van der Waals surface area contributed by atoms with Crippen LogP contribution in [0.3, 0.4) is 0 Å². The van der Waals surface area contributed by atoms with Gasteiger partial charge in [-0.15, -0.1) is 0 Å². The fourth-order valence-electron chi connectivity index (χ4n) is 1.70. The molecular formula is C15H11F3N2O2S. The van der Waals surface area contributed by atoms with Gasteiger partial charge in [-0.1, -0.05) is 24.0 Å². The van der Waals surface area contributed by atoms with Gasteiger partial charge in [0.15, 0.2) is 0 Å². The predicted molar refractivity (Wildman–Crippen MR) is 77.7 cm³/mol. The number of benzene rings is 1. The Balaban J connectivity index is 2.11. The molecule has 2 rings (SSSR count). The molecule has 0 radical (unpaired) electrons. The number of hydrogen-bond acceptors (Lipinski definition) is 3. The summed E-state index contributed by atoms with van der Waals surface area (Å²) in [7, 11) is -3.79. The smallest absolute Gasteiger partial charge is 0.263 e. The van der Waals surface area contributed by atoms with E-state index in [1.54, 1.807) is 0 Å². The van der Waals surface area contributed by atoms with E-state index < -0.39 is 21.8 Å². The number of aromatic nitrogens is 1. The van der Waals surface area contributed by atoms with Crippen LogP contribution in [0, 0.1) is 11.8 Å². The van der Waals surface area contributed by atoms with Crippen molar-refractivity contribution in [3.05, 3.63) is 59.9 Å². The quantitative estimate of drug-likeness (QED) is 0.873. The Morgan fingerprint density at radius 1 is 1.13 bits per heavy atom. The maximum atomic E-state index is 12.8. The normalized spacial score (nSPS) is 11.6. The molecular weight excluding hydrogens is 329 g/mol. The Hall–Kier alpha value is -2.37. The highest BCUT2D eigenvalue weighted by Crippen LogP contribution is 2.31. The van der Waals surface area contributed by atoms with Crippen molar-refractivity contribution in [2.75, 3.05) is 6.54 Å². The number of nitrogens with one attached hydrogen (secondary N) is 1. The molecule has 0 aliphatic carbocycles. The van der Waals surface area contributed by atoms with E-state index in [1.807, 2.05) is 0 Å². The van der Waals surface area contributed by atoms with Gasteiger partial charge in [-0.3, -0.25) is 4.98 Å². The lowest BCUT2D eigenvalue weighted by Crippen LogP contribution is -2.24. The van der Waals surface area contributed by atoms with E-state index in [1.165, 1.54) is 36.5 Å². The Bertz CT molecular complexity index is 838. The Labute approximate surface area is 131 Å². The molecule has 0 unspecified atom stereocenters. The Morgan fingerprint density at radius 3 is 2.52 bits per heavy atom. The molecule has 0 fully saturated rings. The molecule has 0 saturated carbocycles. The summed E-state index contributed by atoms with van der Waals surface area (Å²) in [5.41, 5.74) is -1.07. The van der Waals surface area contributed by atoms with Crippen LogP contribution in [0.4, 0.5) is 13.2 Å². The Morgan fingerprint density at radius 2 is 1.87 bits per heavy atom. The fourth-order valence-corrected chi connectivity index (χ4v) is 2.59. The summed E-state index contributed by atoms with van der Waals surface area (Å²) in [6.45, 7) is -0.316. The molecule has 0 aliphatic rings. The van der Waals surface area contributed by atoms with Crippen LogP contribution < -0.4 is 4.72 Å². The third-order valence-electron chi connectivity index (χ3n) is 2.75. The van der Waals surface area contributed by atoms with Gasteiger partial charge in [0.2, 0.25) is 10.0 Å². The highest BCUT2D eigenvalue weighted by atomic mass is 32.2. The van der Waals surface area contributed by atoms with E-state index in [2.05, 4.69) is 21.5 Å². The molecule has 120 valence electrons. The zero-order valence-electron chi connectivity index (χ0n) is 11.6. The third-order valence-corrected chi connectivity index (χ3v) is 4.14. The average Bonchev–Trinajstić information content (AvgIpc) is 2.52. The molecule has 1 heterocycles. The molecule has 0 amide bonds. The van der Waals surface area contributed by atoms with Crippen LogP contribution in [-0.4, -0.2) is 19.9 Å². The molecule has 0 atom stereocenters. The summed E-state index contributed by atoms with van der Waals surface area (Å²) >= 11 is 0. The van der Waals surface area contributed by atoms with E-state index in [0.29, 0.717) is 0 Å². The number of pyridine rings is 1. The summed E-state index contributed by atoms with van der Waals surface area (Å²) in [5.74, 6) is 4.71. The first-order chi connectivity index (χ1) is 10.8. The first-order valence-electron chi connectivity index (χ1n) is 6.35. The van der Waals surface area contributed by atoms with Gasteiger partial charge < -0.3 is 0 Å². The summed E-state index contributed by atoms with van der Waals surface area (Å²) in [6.07, 6.45) is -1.93. The van der Waals surface area contributed by atoms with Gasteiger partial charge in [0.1, 0.15) is 4.90 Å². The monoisotopic (exact) mass is 340 g/mol. The number of hydrogen-bond donors (Lipinski definition) is 1. The molecule has 1 aromatic carbocycles. The van der Waals surface area contributed by atoms with Crippen molar-refractivity contribution in [1.82, 2.24) is 9.71 Å². The minimum Gasteiger partial charge on any atom is -0.263 e. The minimum atomic E-state index is -4.51. The van der Waals surface area contributed by atoms with Crippen LogP contribution in [0.5, 0.6) is 0 Å². The van der Waals surface area contributed by atoms with Crippen LogP contribution in [0.25, 0.3) is 0 Å². The van der Waals surface area contributed by atoms with Crippen molar-refractivity contribution >= 4 is 10.0 Å². The fraction of sp³-hybridized carbons (Fsp3) is 0.133. The first-order valence-corrected chi connectivity index (χ1v) is 7.84. The van der Waals surface area contributed by atoms with Gasteiger partial charge in [-0.2, -0.15) is 17.9 Å². The standard InChI is InChI=1S/C15H11F3N2O2S/c16-15(17,18)14-8-2-1-5-12(14)6-3-10-20-23(21,22)13-7-4-9-19-11-13/h1-2,4-5,7-9,11,20H,10H2. The third kappa shape index (κ3) is 4.55. The van der Waals surface area contributed by atoms with Crippen molar-refractivity contribution < 1.29 is 21.6 Å². The summed E-state index contributed by atoms with van der Waals surface area (Å²) in [4.78, 5) is 3.64. The number of sulfonamides is 1. The predicted octanol–water partition coefficient (Wildman–Crippen LogP) is 2.43. The zero-order chi connectivity index (χ0) is 16.9. The van der Waals surface area contributed by atoms with Crippen LogP contribution in [-0.2, 0) is 16.2 Å². The summed E-state index contributed by atoms with van der Waals surface area (Å²) in [6, 6.07) is 7.65. The second kappa shape index (κ2) is 6.81. The maximum Gasteiger partial charge on any atom is 0.417 e. The molecule has 0 spiro atoms. The maximum absolute atomic E-state index is 12.8. The molecule has 2 aromatic rings. The lowest BCUT2D eigenvalue weighted by molar-refractivity contribution is -0.137. The molecule has 8 heteroatoms. The van der Waals surface area contributed by atoms with Gasteiger partial charge in [0, 0.05) is 18.0 Å². The Kier molecular flexibility index (Phi) is 5.03. The first kappa shape index (κ1) is 17.0. The van der Waals surface area contributed by atoms with Crippen molar-refractivity contribution in [3.8, 4) is 11.8 Å². The van der Waals surface area contributed by atoms with Crippen molar-refractivity contribution in [1.29, 1.82) is 0 Å². The van der Waals surface area contributed by atoms with E-state index in [4.69, 9.17) is 0 Å². The molecule has 4 nitrogen and oxygen atoms in total. The second-order valence-corrected chi connectivity index (χ2v) is 6.13. The SMILES string of the molecule is O=S(=O)(NCC#Cc1ccccc1C(F)(F)F)c1cccnc1. The molecule has 0 bridgehead atoms. The highest BCUT2D eigenvalue weighted by Gasteiger charge is 2.32. The molecule has 23 heavy (non-hydrogen) atoms. The van der Waals surface area contributed by atoms with Crippen molar-refractivity contribution in [2.45, 2.75) is 11.1 Å². The molecule has 0 saturated heterocycles. The number of alkyl halides is 3. The number of halogens is 3. The van der Waals surface area contributed by atoms with Gasteiger partial charge in [0.25, 0.3) is 0 Å². The van der Waals surface area contributed by atoms with E-state index in [-0.39, 0.29) is 17.0 Å². The van der Waals surface area contributed by atoms with Gasteiger partial charge in [-0.25, -0.2) is 8.42 Å². The van der Waals surface area contributed by atoms with E-state index >= 15 is 0 Å². The van der Waals surface area contributed by atoms with Gasteiger partial charge in [-0.05, 0) is 24.3 Å². The van der Waals surface area contributed by atoms with E-state index in [0.717, 1.165) is 12.3 Å². The second-order valence-electron chi connectivity index (χ2n) is 4.36. The molecule has 1 aromatic heterocycles. The average molecular weight is 340 g/mol. The van der Waals surface area contributed by atoms with Gasteiger partial charge in [0.05, 0.1) is 12.1 Å². The van der Waals surface area contributed by atoms with Crippen LogP contribution in [0.2, 0.25) is 0 Å². The zero-order valence-corrected chi connectivity index (χ0v) is 12.4. The minimum absolute atomic E-state index is 0.0440. The lowest BCUT2D eigenvalue weighted by Gasteiger charge is -2.08. The number of nitrogens with zero attached hydrogens (tertiary/aromatic N) is 1. The topological polar surface area (TPSA) is 59.1 Å². The van der Waals surface area contributed by atoms with Crippen molar-refractivity contribution in [2.24, 2.45) is 0 Å². The largest absolute Gasteiger partial charge is 0.417 e. The molecule has 1 N–H and O–H groups in total. The summed E-state index contributed by atoms with van der Waals surface area (Å²) < 4.78 is 64.3. The van der Waals surface area contributed by atoms with Crippen LogP contribution in [0.15, 0.2) is 53.7 Å². The van der Waals surface area contributed by atoms with Gasteiger partial charge >= 0.3 is 6.18 Å². The lowest BCUT2D eigenvalue weighted by atomic mass is 10.1. The van der Waals surface area contributed by atoms with Crippen molar-refractivity contribution in [3.63, 3.8) is 0 Å². The summed E-state index contributed by atoms with van der Waals surface area (Å²) in [5, 5.41) is 0. The van der Waals surface area contributed by atoms with Crippen LogP contribution in [0.1, 0.15) is 11.1 Å². The highest BCUT2D eigenvalue weighted by molar-refractivity contribution is 7.89. The van der Waals surface area contributed by atoms with E-state index in [9.17, 15) is 21.6 Å². The van der Waals surface area contributed by atoms with Crippen LogP contribution >= 0.6 is 0 Å². The number of rotatable bonds is 3.